The molecular weight excluding hydrogens is 260 g/mol. The number of rotatable bonds is 10. The van der Waals surface area contributed by atoms with Crippen molar-refractivity contribution in [1.29, 1.82) is 0 Å². The van der Waals surface area contributed by atoms with Gasteiger partial charge in [-0.3, -0.25) is 4.79 Å². The van der Waals surface area contributed by atoms with Gasteiger partial charge in [0.1, 0.15) is 9.84 Å². The number of amides is 1. The Labute approximate surface area is 108 Å². The van der Waals surface area contributed by atoms with Gasteiger partial charge < -0.3 is 20.5 Å². The fourth-order valence-corrected chi connectivity index (χ4v) is 1.78. The third kappa shape index (κ3) is 10.5. The van der Waals surface area contributed by atoms with Crippen LogP contribution in [0.5, 0.6) is 0 Å². The van der Waals surface area contributed by atoms with E-state index in [0.29, 0.717) is 26.4 Å². The van der Waals surface area contributed by atoms with Gasteiger partial charge in [-0.2, -0.15) is 0 Å². The number of hydrogen-bond acceptors (Lipinski definition) is 6. The lowest BCUT2D eigenvalue weighted by atomic mass is 10.2. The molecule has 108 valence electrons. The molecule has 3 N–H and O–H groups in total. The number of sulfone groups is 1. The molecule has 0 aliphatic rings. The van der Waals surface area contributed by atoms with Crippen LogP contribution in [0.2, 0.25) is 0 Å². The molecule has 0 saturated heterocycles. The molecule has 0 heterocycles. The van der Waals surface area contributed by atoms with Gasteiger partial charge in [0.05, 0.1) is 31.6 Å². The first kappa shape index (κ1) is 17.3. The summed E-state index contributed by atoms with van der Waals surface area (Å²) in [4.78, 5) is 11.4. The zero-order valence-electron chi connectivity index (χ0n) is 10.8. The van der Waals surface area contributed by atoms with Crippen molar-refractivity contribution in [3.05, 3.63) is 0 Å². The van der Waals surface area contributed by atoms with E-state index in [-0.39, 0.29) is 18.1 Å². The molecule has 8 heteroatoms. The average molecular weight is 282 g/mol. The number of nitrogens with one attached hydrogen (secondary N) is 1. The minimum atomic E-state index is -3.09. The molecule has 7 nitrogen and oxygen atoms in total. The molecule has 0 aromatic heterocycles. The first-order valence-electron chi connectivity index (χ1n) is 5.64. The van der Waals surface area contributed by atoms with Crippen molar-refractivity contribution in [2.75, 3.05) is 45.5 Å². The van der Waals surface area contributed by atoms with Crippen LogP contribution in [0.25, 0.3) is 0 Å². The second kappa shape index (κ2) is 9.26. The van der Waals surface area contributed by atoms with E-state index >= 15 is 0 Å². The topological polar surface area (TPSA) is 108 Å². The lowest BCUT2D eigenvalue weighted by Gasteiger charge is -2.11. The number of carbonyl (C=O) groups is 1. The van der Waals surface area contributed by atoms with Crippen molar-refractivity contribution in [1.82, 2.24) is 5.32 Å². The molecule has 1 atom stereocenters. The number of methoxy groups -OCH3 is 1. The lowest BCUT2D eigenvalue weighted by molar-refractivity contribution is -0.122. The molecule has 0 aliphatic carbocycles. The van der Waals surface area contributed by atoms with E-state index in [1.165, 1.54) is 0 Å². The Morgan fingerprint density at radius 3 is 2.56 bits per heavy atom. The summed E-state index contributed by atoms with van der Waals surface area (Å²) in [5, 5.41) is 2.57. The molecule has 1 unspecified atom stereocenters. The van der Waals surface area contributed by atoms with Crippen LogP contribution in [0.3, 0.4) is 0 Å². The van der Waals surface area contributed by atoms with Gasteiger partial charge in [0.25, 0.3) is 0 Å². The molecule has 0 spiro atoms. The van der Waals surface area contributed by atoms with Crippen LogP contribution in [0.4, 0.5) is 0 Å². The third-order valence-electron chi connectivity index (χ3n) is 2.11. The van der Waals surface area contributed by atoms with Crippen LogP contribution in [-0.2, 0) is 24.1 Å². The molecule has 0 aliphatic heterocycles. The van der Waals surface area contributed by atoms with Crippen LogP contribution < -0.4 is 11.1 Å². The van der Waals surface area contributed by atoms with E-state index in [1.54, 1.807) is 7.11 Å². The maximum atomic E-state index is 11.4. The standard InChI is InChI=1S/C10H22N2O5S/c1-16-6-7-17-5-4-12-10(13)9(11)3-8-18(2,14)15/h9H,3-8,11H2,1-2H3,(H,12,13). The zero-order valence-corrected chi connectivity index (χ0v) is 11.7. The van der Waals surface area contributed by atoms with E-state index in [2.05, 4.69) is 5.32 Å². The van der Waals surface area contributed by atoms with Crippen LogP contribution in [-0.4, -0.2) is 65.9 Å². The van der Waals surface area contributed by atoms with E-state index in [1.807, 2.05) is 0 Å². The Kier molecular flexibility index (Phi) is 8.90. The molecule has 1 amide bonds. The first-order valence-corrected chi connectivity index (χ1v) is 7.70. The van der Waals surface area contributed by atoms with E-state index in [9.17, 15) is 13.2 Å². The summed E-state index contributed by atoms with van der Waals surface area (Å²) in [6, 6.07) is -0.807. The maximum Gasteiger partial charge on any atom is 0.237 e. The van der Waals surface area contributed by atoms with Gasteiger partial charge in [-0.15, -0.1) is 0 Å². The number of carbonyl (C=O) groups excluding carboxylic acids is 1. The van der Waals surface area contributed by atoms with E-state index in [0.717, 1.165) is 6.26 Å². The van der Waals surface area contributed by atoms with Gasteiger partial charge in [0.15, 0.2) is 0 Å². The van der Waals surface area contributed by atoms with Crippen LogP contribution in [0, 0.1) is 0 Å². The molecule has 0 aromatic rings. The highest BCUT2D eigenvalue weighted by Crippen LogP contribution is 1.93. The van der Waals surface area contributed by atoms with Gasteiger partial charge in [0, 0.05) is 19.9 Å². The summed E-state index contributed by atoms with van der Waals surface area (Å²) in [5.41, 5.74) is 5.55. The van der Waals surface area contributed by atoms with E-state index < -0.39 is 15.9 Å². The SMILES string of the molecule is COCCOCCNC(=O)C(N)CCS(C)(=O)=O. The molecule has 0 radical (unpaired) electrons. The lowest BCUT2D eigenvalue weighted by Crippen LogP contribution is -2.42. The van der Waals surface area contributed by atoms with Crippen molar-refractivity contribution in [3.63, 3.8) is 0 Å². The molecule has 0 rings (SSSR count). The molecule has 0 aromatic carbocycles. The van der Waals surface area contributed by atoms with E-state index in [4.69, 9.17) is 15.2 Å². The van der Waals surface area contributed by atoms with Crippen molar-refractivity contribution >= 4 is 15.7 Å². The Bertz CT molecular complexity index is 331. The Balaban J connectivity index is 3.62. The van der Waals surface area contributed by atoms with Gasteiger partial charge in [-0.05, 0) is 6.42 Å². The van der Waals surface area contributed by atoms with Gasteiger partial charge in [-0.1, -0.05) is 0 Å². The van der Waals surface area contributed by atoms with Crippen LogP contribution in [0.15, 0.2) is 0 Å². The normalized spacial score (nSPS) is 13.3. The van der Waals surface area contributed by atoms with Gasteiger partial charge in [0.2, 0.25) is 5.91 Å². The fraction of sp³-hybridized carbons (Fsp3) is 0.900. The molecule has 18 heavy (non-hydrogen) atoms. The number of nitrogens with two attached hydrogens (primary N) is 1. The van der Waals surface area contributed by atoms with Crippen molar-refractivity contribution < 1.29 is 22.7 Å². The first-order chi connectivity index (χ1) is 8.37. The monoisotopic (exact) mass is 282 g/mol. The predicted molar refractivity (Wildman–Crippen MR) is 68.0 cm³/mol. The summed E-state index contributed by atoms with van der Waals surface area (Å²) < 4.78 is 31.7. The average Bonchev–Trinajstić information content (AvgIpc) is 2.29. The summed E-state index contributed by atoms with van der Waals surface area (Å²) in [6.45, 7) is 1.68. The highest BCUT2D eigenvalue weighted by Gasteiger charge is 2.15. The maximum absolute atomic E-state index is 11.4. The Morgan fingerprint density at radius 2 is 2.00 bits per heavy atom. The second-order valence-corrected chi connectivity index (χ2v) is 6.18. The quantitative estimate of drug-likeness (QED) is 0.474. The van der Waals surface area contributed by atoms with Crippen LogP contribution in [0.1, 0.15) is 6.42 Å². The van der Waals surface area contributed by atoms with Crippen molar-refractivity contribution in [2.45, 2.75) is 12.5 Å². The second-order valence-electron chi connectivity index (χ2n) is 3.92. The zero-order chi connectivity index (χ0) is 14.0. The molecule has 0 bridgehead atoms. The Morgan fingerprint density at radius 1 is 1.33 bits per heavy atom. The molecular formula is C10H22N2O5S. The fourth-order valence-electron chi connectivity index (χ4n) is 1.09. The largest absolute Gasteiger partial charge is 0.382 e. The van der Waals surface area contributed by atoms with Crippen molar-refractivity contribution in [2.24, 2.45) is 5.73 Å². The third-order valence-corrected chi connectivity index (χ3v) is 3.09. The predicted octanol–water partition coefficient (Wildman–Crippen LogP) is -1.47. The summed E-state index contributed by atoms with van der Waals surface area (Å²) in [7, 11) is -1.51. The molecule has 0 fully saturated rings. The highest BCUT2D eigenvalue weighted by atomic mass is 32.2. The highest BCUT2D eigenvalue weighted by molar-refractivity contribution is 7.90. The Hall–Kier alpha value is -0.700. The van der Waals surface area contributed by atoms with Crippen LogP contribution >= 0.6 is 0 Å². The number of ether oxygens (including phenoxy) is 2. The van der Waals surface area contributed by atoms with Gasteiger partial charge in [-0.25, -0.2) is 8.42 Å². The van der Waals surface area contributed by atoms with Gasteiger partial charge >= 0.3 is 0 Å². The summed E-state index contributed by atoms with van der Waals surface area (Å²) in [5.74, 6) is -0.458. The summed E-state index contributed by atoms with van der Waals surface area (Å²) in [6.07, 6.45) is 1.23. The minimum absolute atomic E-state index is 0.0913. The number of hydrogen-bond donors (Lipinski definition) is 2. The summed E-state index contributed by atoms with van der Waals surface area (Å²) >= 11 is 0. The smallest absolute Gasteiger partial charge is 0.237 e. The van der Waals surface area contributed by atoms with Crippen molar-refractivity contribution in [3.8, 4) is 0 Å². The minimum Gasteiger partial charge on any atom is -0.382 e. The molecule has 0 saturated carbocycles.